The molecule has 0 unspecified atom stereocenters. The molecule has 0 fully saturated rings. The Balaban J connectivity index is 3.08. The summed E-state index contributed by atoms with van der Waals surface area (Å²) in [4.78, 5) is 0. The summed E-state index contributed by atoms with van der Waals surface area (Å²) in [6.45, 7) is 15.7. The summed E-state index contributed by atoms with van der Waals surface area (Å²) in [5.74, 6) is 1.18. The van der Waals surface area contributed by atoms with E-state index in [2.05, 4.69) is 41.2 Å². The average Bonchev–Trinajstić information content (AvgIpc) is 2.81. The molecule has 1 aromatic rings. The normalized spacial score (nSPS) is 16.1. The summed E-state index contributed by atoms with van der Waals surface area (Å²) < 4.78 is 18.7. The van der Waals surface area contributed by atoms with Crippen LogP contribution in [0.1, 0.15) is 46.6 Å². The highest BCUT2D eigenvalue weighted by Gasteiger charge is 2.37. The summed E-state index contributed by atoms with van der Waals surface area (Å²) >= 11 is 0. The number of methoxy groups -OCH3 is 1. The van der Waals surface area contributed by atoms with Crippen LogP contribution >= 0.6 is 0 Å². The van der Waals surface area contributed by atoms with Crippen molar-refractivity contribution < 1.29 is 19.0 Å². The van der Waals surface area contributed by atoms with Crippen molar-refractivity contribution in [1.29, 1.82) is 0 Å². The monoisotopic (exact) mass is 448 g/mol. The SMILES string of the molecule is C=CC[C@@H](O[Si](CC)(CC)CC)[C@H](C)[C@H](OCc1ccc(OC)cc1)[C@@H](C)/C=C/CO. The average molecular weight is 449 g/mol. The Morgan fingerprint density at radius 2 is 1.68 bits per heavy atom. The smallest absolute Gasteiger partial charge is 0.192 e. The lowest BCUT2D eigenvalue weighted by atomic mass is 9.87. The largest absolute Gasteiger partial charge is 0.497 e. The van der Waals surface area contributed by atoms with Crippen molar-refractivity contribution in [2.45, 2.75) is 78.0 Å². The van der Waals surface area contributed by atoms with Gasteiger partial charge in [0.05, 0.1) is 32.5 Å². The van der Waals surface area contributed by atoms with Gasteiger partial charge in [0.1, 0.15) is 5.75 Å². The molecule has 0 radical (unpaired) electrons. The molecular formula is C26H44O4Si. The lowest BCUT2D eigenvalue weighted by molar-refractivity contribution is -0.0512. The standard InChI is InChI=1S/C26H44O4Si/c1-8-13-25(30-31(9-2,10-3)11-4)22(6)26(21(5)14-12-19-27)29-20-23-15-17-24(28-7)18-16-23/h8,12,14-18,21-22,25-27H,1,9-11,13,19-20H2,2-7H3/b14-12+/t21-,22-,25+,26+/m0/s1. The molecule has 1 rings (SSSR count). The van der Waals surface area contributed by atoms with Gasteiger partial charge in [0, 0.05) is 11.8 Å². The van der Waals surface area contributed by atoms with Crippen LogP contribution < -0.4 is 4.74 Å². The first kappa shape index (κ1) is 27.6. The number of hydrogen-bond acceptors (Lipinski definition) is 4. The van der Waals surface area contributed by atoms with Gasteiger partial charge in [-0.2, -0.15) is 0 Å². The Morgan fingerprint density at radius 1 is 1.06 bits per heavy atom. The number of benzene rings is 1. The van der Waals surface area contributed by atoms with E-state index in [0.717, 1.165) is 35.9 Å². The van der Waals surface area contributed by atoms with Crippen LogP contribution in [0.3, 0.4) is 0 Å². The molecule has 0 aromatic heterocycles. The maximum Gasteiger partial charge on any atom is 0.192 e. The lowest BCUT2D eigenvalue weighted by Gasteiger charge is -2.39. The summed E-state index contributed by atoms with van der Waals surface area (Å²) in [5.41, 5.74) is 1.11. The zero-order valence-corrected chi connectivity index (χ0v) is 21.5. The van der Waals surface area contributed by atoms with Gasteiger partial charge in [0.2, 0.25) is 0 Å². The van der Waals surface area contributed by atoms with Gasteiger partial charge >= 0.3 is 0 Å². The molecule has 0 aliphatic heterocycles. The van der Waals surface area contributed by atoms with Crippen molar-refractivity contribution in [3.05, 3.63) is 54.6 Å². The zero-order chi connectivity index (χ0) is 23.3. The predicted octanol–water partition coefficient (Wildman–Crippen LogP) is 6.37. The molecule has 0 heterocycles. The number of rotatable bonds is 16. The quantitative estimate of drug-likeness (QED) is 0.236. The van der Waals surface area contributed by atoms with Crippen LogP contribution in [0.15, 0.2) is 49.1 Å². The summed E-state index contributed by atoms with van der Waals surface area (Å²) in [5, 5.41) is 9.26. The van der Waals surface area contributed by atoms with Gasteiger partial charge in [-0.25, -0.2) is 0 Å². The molecule has 1 N–H and O–H groups in total. The van der Waals surface area contributed by atoms with Gasteiger partial charge in [-0.15, -0.1) is 6.58 Å². The molecule has 1 aromatic carbocycles. The maximum absolute atomic E-state index is 9.26. The van der Waals surface area contributed by atoms with Crippen LogP contribution in [-0.4, -0.2) is 39.3 Å². The van der Waals surface area contributed by atoms with Gasteiger partial charge in [-0.1, -0.05) is 65.0 Å². The zero-order valence-electron chi connectivity index (χ0n) is 20.5. The topological polar surface area (TPSA) is 47.9 Å². The second-order valence-corrected chi connectivity index (χ2v) is 13.1. The van der Waals surface area contributed by atoms with Crippen molar-refractivity contribution in [1.82, 2.24) is 0 Å². The molecule has 31 heavy (non-hydrogen) atoms. The van der Waals surface area contributed by atoms with E-state index in [9.17, 15) is 5.11 Å². The molecule has 5 heteroatoms. The fourth-order valence-corrected chi connectivity index (χ4v) is 7.10. The van der Waals surface area contributed by atoms with Gasteiger partial charge in [-0.05, 0) is 42.2 Å². The molecule has 0 bridgehead atoms. The Hall–Kier alpha value is -1.40. The lowest BCUT2D eigenvalue weighted by Crippen LogP contribution is -2.45. The maximum atomic E-state index is 9.26. The first-order chi connectivity index (χ1) is 14.9. The van der Waals surface area contributed by atoms with Crippen molar-refractivity contribution in [2.24, 2.45) is 11.8 Å². The highest BCUT2D eigenvalue weighted by molar-refractivity contribution is 6.73. The molecule has 0 saturated carbocycles. The highest BCUT2D eigenvalue weighted by atomic mass is 28.4. The van der Waals surface area contributed by atoms with Crippen LogP contribution in [0.2, 0.25) is 18.1 Å². The van der Waals surface area contributed by atoms with Crippen molar-refractivity contribution in [2.75, 3.05) is 13.7 Å². The highest BCUT2D eigenvalue weighted by Crippen LogP contribution is 2.32. The Morgan fingerprint density at radius 3 is 2.16 bits per heavy atom. The third-order valence-electron chi connectivity index (χ3n) is 6.50. The van der Waals surface area contributed by atoms with E-state index in [4.69, 9.17) is 13.9 Å². The summed E-state index contributed by atoms with van der Waals surface area (Å²) in [6.07, 6.45) is 6.67. The number of aliphatic hydroxyl groups is 1. The van der Waals surface area contributed by atoms with E-state index < -0.39 is 8.32 Å². The number of ether oxygens (including phenoxy) is 2. The van der Waals surface area contributed by atoms with Gasteiger partial charge in [-0.3, -0.25) is 0 Å². The Kier molecular flexibility index (Phi) is 13.0. The fourth-order valence-electron chi connectivity index (χ4n) is 4.15. The van der Waals surface area contributed by atoms with E-state index >= 15 is 0 Å². The second-order valence-electron chi connectivity index (χ2n) is 8.38. The molecular weight excluding hydrogens is 404 g/mol. The van der Waals surface area contributed by atoms with E-state index in [1.807, 2.05) is 36.4 Å². The Bertz CT molecular complexity index is 631. The van der Waals surface area contributed by atoms with Crippen LogP contribution in [0, 0.1) is 11.8 Å². The second kappa shape index (κ2) is 14.6. The van der Waals surface area contributed by atoms with Crippen LogP contribution in [0.4, 0.5) is 0 Å². The molecule has 4 atom stereocenters. The molecule has 0 spiro atoms. The molecule has 0 amide bonds. The van der Waals surface area contributed by atoms with Crippen molar-refractivity contribution in [3.8, 4) is 5.75 Å². The predicted molar refractivity (Wildman–Crippen MR) is 133 cm³/mol. The minimum Gasteiger partial charge on any atom is -0.497 e. The molecule has 0 aliphatic carbocycles. The molecule has 0 aliphatic rings. The van der Waals surface area contributed by atoms with Gasteiger partial charge in [0.25, 0.3) is 0 Å². The summed E-state index contributed by atoms with van der Waals surface area (Å²) in [7, 11) is -0.0882. The van der Waals surface area contributed by atoms with E-state index in [-0.39, 0.29) is 30.7 Å². The van der Waals surface area contributed by atoms with E-state index in [1.54, 1.807) is 13.2 Å². The molecule has 176 valence electrons. The summed E-state index contributed by atoms with van der Waals surface area (Å²) in [6, 6.07) is 11.4. The molecule has 0 saturated heterocycles. The van der Waals surface area contributed by atoms with Crippen LogP contribution in [0.5, 0.6) is 5.75 Å². The van der Waals surface area contributed by atoms with Crippen LogP contribution in [-0.2, 0) is 15.8 Å². The Labute approximate surface area is 191 Å². The molecule has 4 nitrogen and oxygen atoms in total. The minimum atomic E-state index is -1.76. The van der Waals surface area contributed by atoms with E-state index in [0.29, 0.717) is 6.61 Å². The first-order valence-electron chi connectivity index (χ1n) is 11.7. The third kappa shape index (κ3) is 8.57. The van der Waals surface area contributed by atoms with Crippen LogP contribution in [0.25, 0.3) is 0 Å². The minimum absolute atomic E-state index is 0.0351. The number of aliphatic hydroxyl groups excluding tert-OH is 1. The third-order valence-corrected chi connectivity index (χ3v) is 11.2. The van der Waals surface area contributed by atoms with Gasteiger partial charge < -0.3 is 19.0 Å². The van der Waals surface area contributed by atoms with Crippen molar-refractivity contribution >= 4 is 8.32 Å². The first-order valence-corrected chi connectivity index (χ1v) is 14.2. The van der Waals surface area contributed by atoms with Crippen molar-refractivity contribution in [3.63, 3.8) is 0 Å². The fraction of sp³-hybridized carbons (Fsp3) is 0.615. The van der Waals surface area contributed by atoms with E-state index in [1.165, 1.54) is 0 Å². The number of hydrogen-bond donors (Lipinski definition) is 1. The van der Waals surface area contributed by atoms with Gasteiger partial charge in [0.15, 0.2) is 8.32 Å².